The van der Waals surface area contributed by atoms with E-state index in [9.17, 15) is 9.59 Å². The predicted molar refractivity (Wildman–Crippen MR) is 174 cm³/mol. The number of imide groups is 1. The average Bonchev–Trinajstić information content (AvgIpc) is 3.29. The quantitative estimate of drug-likeness (QED) is 0.204. The Balaban J connectivity index is 1.17. The van der Waals surface area contributed by atoms with Crippen molar-refractivity contribution in [3.8, 4) is 11.1 Å². The molecule has 4 heteroatoms. The van der Waals surface area contributed by atoms with Crippen molar-refractivity contribution in [2.24, 2.45) is 0 Å². The van der Waals surface area contributed by atoms with Gasteiger partial charge in [0.1, 0.15) is 0 Å². The molecule has 4 nitrogen and oxygen atoms in total. The third-order valence-corrected chi connectivity index (χ3v) is 8.99. The Bertz CT molecular complexity index is 2050. The summed E-state index contributed by atoms with van der Waals surface area (Å²) in [6.07, 6.45) is 0. The lowest BCUT2D eigenvalue weighted by Gasteiger charge is -2.42. The van der Waals surface area contributed by atoms with E-state index in [1.165, 1.54) is 21.4 Å². The zero-order chi connectivity index (χ0) is 29.3. The largest absolute Gasteiger partial charge is 0.310 e. The topological polar surface area (TPSA) is 40.6 Å². The molecular weight excluding hydrogens is 528 g/mol. The fourth-order valence-corrected chi connectivity index (χ4v) is 6.82. The Kier molecular flexibility index (Phi) is 5.44. The van der Waals surface area contributed by atoms with Crippen LogP contribution >= 0.6 is 0 Å². The minimum absolute atomic E-state index is 0.179. The highest BCUT2D eigenvalue weighted by Gasteiger charge is 2.39. The molecule has 0 radical (unpaired) electrons. The summed E-state index contributed by atoms with van der Waals surface area (Å²) in [5, 5.41) is 2.33. The van der Waals surface area contributed by atoms with Crippen LogP contribution in [-0.4, -0.2) is 11.8 Å². The van der Waals surface area contributed by atoms with Gasteiger partial charge in [0.2, 0.25) is 0 Å². The van der Waals surface area contributed by atoms with Gasteiger partial charge in [-0.3, -0.25) is 9.59 Å². The lowest BCUT2D eigenvalue weighted by molar-refractivity contribution is 0.0926. The minimum Gasteiger partial charge on any atom is -0.310 e. The van der Waals surface area contributed by atoms with Crippen molar-refractivity contribution < 1.29 is 9.59 Å². The first-order chi connectivity index (χ1) is 20.9. The number of rotatable bonds is 3. The molecule has 0 saturated carbocycles. The highest BCUT2D eigenvalue weighted by atomic mass is 16.2. The van der Waals surface area contributed by atoms with Crippen LogP contribution in [0.5, 0.6) is 0 Å². The highest BCUT2D eigenvalue weighted by Crippen LogP contribution is 2.52. The highest BCUT2D eigenvalue weighted by molar-refractivity contribution is 6.34. The van der Waals surface area contributed by atoms with E-state index in [-0.39, 0.29) is 17.2 Å². The first-order valence-corrected chi connectivity index (χ1v) is 14.5. The summed E-state index contributed by atoms with van der Waals surface area (Å²) in [5.41, 5.74) is 8.79. The number of carbonyl (C=O) groups is 2. The van der Waals surface area contributed by atoms with E-state index in [1.807, 2.05) is 66.7 Å². The third-order valence-electron chi connectivity index (χ3n) is 8.99. The minimum atomic E-state index is -0.307. The predicted octanol–water partition coefficient (Wildman–Crippen LogP) is 9.42. The molecule has 0 fully saturated rings. The molecule has 6 aromatic rings. The van der Waals surface area contributed by atoms with Gasteiger partial charge in [-0.15, -0.1) is 0 Å². The van der Waals surface area contributed by atoms with Gasteiger partial charge < -0.3 is 4.90 Å². The van der Waals surface area contributed by atoms with Crippen molar-refractivity contribution in [1.29, 1.82) is 0 Å². The number of anilines is 4. The number of amides is 2. The van der Waals surface area contributed by atoms with Crippen LogP contribution in [-0.2, 0) is 5.41 Å². The normalized spacial score (nSPS) is 14.9. The Morgan fingerprint density at radius 1 is 0.488 bits per heavy atom. The van der Waals surface area contributed by atoms with Crippen LogP contribution in [0.2, 0.25) is 0 Å². The number of hydrogen-bond donors (Lipinski definition) is 0. The maximum absolute atomic E-state index is 13.9. The molecule has 2 aliphatic heterocycles. The molecule has 2 aliphatic rings. The summed E-state index contributed by atoms with van der Waals surface area (Å²) < 4.78 is 0. The van der Waals surface area contributed by atoms with E-state index in [0.717, 1.165) is 33.6 Å². The van der Waals surface area contributed by atoms with Crippen LogP contribution in [0.25, 0.3) is 21.9 Å². The van der Waals surface area contributed by atoms with E-state index in [0.29, 0.717) is 16.8 Å². The second-order valence-electron chi connectivity index (χ2n) is 11.7. The van der Waals surface area contributed by atoms with Crippen LogP contribution in [0.1, 0.15) is 45.7 Å². The van der Waals surface area contributed by atoms with Gasteiger partial charge in [0.05, 0.1) is 28.2 Å². The fourth-order valence-electron chi connectivity index (χ4n) is 6.82. The zero-order valence-electron chi connectivity index (χ0n) is 23.9. The second kappa shape index (κ2) is 9.27. The zero-order valence-corrected chi connectivity index (χ0v) is 23.9. The van der Waals surface area contributed by atoms with Gasteiger partial charge >= 0.3 is 0 Å². The van der Waals surface area contributed by atoms with Gasteiger partial charge in [0, 0.05) is 11.1 Å². The summed E-state index contributed by atoms with van der Waals surface area (Å²) >= 11 is 0. The maximum Gasteiger partial charge on any atom is 0.266 e. The van der Waals surface area contributed by atoms with Crippen LogP contribution < -0.4 is 9.80 Å². The second-order valence-corrected chi connectivity index (χ2v) is 11.7. The van der Waals surface area contributed by atoms with Crippen molar-refractivity contribution >= 4 is 45.3 Å². The molecule has 0 aromatic heterocycles. The van der Waals surface area contributed by atoms with Gasteiger partial charge in [0.25, 0.3) is 11.8 Å². The van der Waals surface area contributed by atoms with Crippen molar-refractivity contribution in [1.82, 2.24) is 0 Å². The Labute approximate surface area is 250 Å². The molecule has 0 N–H and O–H groups in total. The van der Waals surface area contributed by atoms with Crippen molar-refractivity contribution in [2.45, 2.75) is 19.3 Å². The average molecular weight is 557 g/mol. The van der Waals surface area contributed by atoms with E-state index < -0.39 is 0 Å². The molecular formula is C39H28N2O2. The summed E-state index contributed by atoms with van der Waals surface area (Å²) in [4.78, 5) is 30.9. The lowest BCUT2D eigenvalue weighted by Crippen LogP contribution is -2.30. The van der Waals surface area contributed by atoms with Crippen LogP contribution in [0, 0.1) is 0 Å². The van der Waals surface area contributed by atoms with Gasteiger partial charge in [-0.05, 0) is 75.5 Å². The number of benzene rings is 6. The van der Waals surface area contributed by atoms with E-state index in [1.54, 1.807) is 6.07 Å². The summed E-state index contributed by atoms with van der Waals surface area (Å²) in [5.74, 6) is -0.608. The molecule has 2 amide bonds. The van der Waals surface area contributed by atoms with E-state index in [2.05, 4.69) is 79.4 Å². The Morgan fingerprint density at radius 2 is 1.07 bits per heavy atom. The number of hydrogen-bond acceptors (Lipinski definition) is 3. The van der Waals surface area contributed by atoms with E-state index >= 15 is 0 Å². The van der Waals surface area contributed by atoms with Crippen LogP contribution in [0.3, 0.4) is 0 Å². The van der Waals surface area contributed by atoms with Crippen LogP contribution in [0.4, 0.5) is 22.7 Å². The molecule has 8 rings (SSSR count). The SMILES string of the molecule is CC1(C)c2ccccc2N(c2ccc3c(c2)C(=O)N(c2ccc(-c4cccc5ccccc45)cc2)C3=O)c2ccccc21. The molecule has 2 heterocycles. The molecule has 0 bridgehead atoms. The molecule has 0 spiro atoms. The molecule has 43 heavy (non-hydrogen) atoms. The molecule has 6 aromatic carbocycles. The number of carbonyl (C=O) groups excluding carboxylic acids is 2. The monoisotopic (exact) mass is 556 g/mol. The molecule has 0 aliphatic carbocycles. The summed E-state index contributed by atoms with van der Waals surface area (Å²) in [7, 11) is 0. The summed E-state index contributed by atoms with van der Waals surface area (Å²) in [6.45, 7) is 4.49. The van der Waals surface area contributed by atoms with Crippen LogP contribution in [0.15, 0.2) is 133 Å². The van der Waals surface area contributed by atoms with Gasteiger partial charge in [-0.25, -0.2) is 4.90 Å². The first kappa shape index (κ1) is 25.2. The van der Waals surface area contributed by atoms with Gasteiger partial charge in [0.15, 0.2) is 0 Å². The van der Waals surface area contributed by atoms with Crippen molar-refractivity contribution in [3.05, 3.63) is 156 Å². The number of fused-ring (bicyclic) bond motifs is 4. The standard InChI is InChI=1S/C39H28N2O2/c1-39(2)33-14-5-7-16-35(33)40(36-17-8-6-15-34(36)39)28-22-23-31-32(24-28)38(43)41(37(31)42)27-20-18-26(19-21-27)30-13-9-11-25-10-3-4-12-29(25)30/h3-24H,1-2H3. The van der Waals surface area contributed by atoms with E-state index in [4.69, 9.17) is 0 Å². The molecule has 0 unspecified atom stereocenters. The third kappa shape index (κ3) is 3.70. The summed E-state index contributed by atoms with van der Waals surface area (Å²) in [6, 6.07) is 44.6. The number of nitrogens with zero attached hydrogens (tertiary/aromatic N) is 2. The molecule has 0 saturated heterocycles. The van der Waals surface area contributed by atoms with Crippen molar-refractivity contribution in [3.63, 3.8) is 0 Å². The maximum atomic E-state index is 13.9. The first-order valence-electron chi connectivity index (χ1n) is 14.5. The van der Waals surface area contributed by atoms with Crippen molar-refractivity contribution in [2.75, 3.05) is 9.80 Å². The van der Waals surface area contributed by atoms with Gasteiger partial charge in [-0.1, -0.05) is 105 Å². The number of para-hydroxylation sites is 2. The lowest BCUT2D eigenvalue weighted by atomic mass is 9.73. The fraction of sp³-hybridized carbons (Fsp3) is 0.0769. The Morgan fingerprint density at radius 3 is 1.79 bits per heavy atom. The molecule has 206 valence electrons. The van der Waals surface area contributed by atoms with Gasteiger partial charge in [-0.2, -0.15) is 0 Å². The molecule has 0 atom stereocenters. The smallest absolute Gasteiger partial charge is 0.266 e. The Hall–Kier alpha value is -5.48.